The van der Waals surface area contributed by atoms with Crippen LogP contribution in [0, 0.1) is 6.92 Å². The largest absolute Gasteiger partial charge is 0.336 e. The van der Waals surface area contributed by atoms with Crippen molar-refractivity contribution in [1.82, 2.24) is 15.1 Å². The van der Waals surface area contributed by atoms with Gasteiger partial charge in [-0.25, -0.2) is 0 Å². The Morgan fingerprint density at radius 2 is 1.89 bits per heavy atom. The number of benzene rings is 2. The number of hydrogen-bond acceptors (Lipinski definition) is 3. The molecule has 2 heterocycles. The van der Waals surface area contributed by atoms with Crippen LogP contribution < -0.4 is 5.32 Å². The number of amides is 1. The molecule has 4 heteroatoms. The fraction of sp³-hybridized carbons (Fsp3) is 0.435. The zero-order chi connectivity index (χ0) is 18.6. The Bertz CT molecular complexity index is 790. The molecule has 0 aromatic heterocycles. The molecule has 2 aromatic carbocycles. The normalized spacial score (nSPS) is 20.8. The van der Waals surface area contributed by atoms with Crippen molar-refractivity contribution in [2.24, 2.45) is 0 Å². The summed E-state index contributed by atoms with van der Waals surface area (Å²) in [6.07, 6.45) is 1.16. The minimum absolute atomic E-state index is 0.179. The van der Waals surface area contributed by atoms with E-state index in [-0.39, 0.29) is 5.91 Å². The number of nitrogens with one attached hydrogen (secondary N) is 1. The highest BCUT2D eigenvalue weighted by Crippen LogP contribution is 2.23. The average Bonchev–Trinajstić information content (AvgIpc) is 3.23. The Hall–Kier alpha value is -2.17. The quantitative estimate of drug-likeness (QED) is 0.907. The molecule has 4 nitrogen and oxygen atoms in total. The van der Waals surface area contributed by atoms with Gasteiger partial charge in [-0.05, 0) is 49.1 Å². The standard InChI is InChI=1S/C23H29N3O/c1-18-4-2-5-19(14-18)17-25-10-12-26(13-11-25)23(27)21-7-3-6-20(15-21)22-8-9-24-16-22/h2-7,14-15,22,24H,8-13,16-17H2,1H3/t22-/m0/s1. The fourth-order valence-electron chi connectivity index (χ4n) is 4.23. The monoisotopic (exact) mass is 363 g/mol. The molecular formula is C23H29N3O. The first-order valence-corrected chi connectivity index (χ1v) is 10.1. The van der Waals surface area contributed by atoms with Gasteiger partial charge in [-0.3, -0.25) is 9.69 Å². The maximum absolute atomic E-state index is 13.0. The molecule has 142 valence electrons. The van der Waals surface area contributed by atoms with Gasteiger partial charge in [-0.2, -0.15) is 0 Å². The van der Waals surface area contributed by atoms with E-state index in [1.807, 2.05) is 17.0 Å². The van der Waals surface area contributed by atoms with E-state index in [1.54, 1.807) is 0 Å². The van der Waals surface area contributed by atoms with Crippen LogP contribution in [0.2, 0.25) is 0 Å². The molecule has 4 rings (SSSR count). The number of piperazine rings is 1. The van der Waals surface area contributed by atoms with Crippen LogP contribution in [0.4, 0.5) is 0 Å². The summed E-state index contributed by atoms with van der Waals surface area (Å²) < 4.78 is 0. The summed E-state index contributed by atoms with van der Waals surface area (Å²) in [5.41, 5.74) is 4.79. The molecule has 0 saturated carbocycles. The fourth-order valence-corrected chi connectivity index (χ4v) is 4.23. The Kier molecular flexibility index (Phi) is 5.55. The molecule has 2 aliphatic rings. The van der Waals surface area contributed by atoms with Gasteiger partial charge in [0.05, 0.1) is 0 Å². The molecule has 2 aliphatic heterocycles. The van der Waals surface area contributed by atoms with E-state index < -0.39 is 0 Å². The second-order valence-electron chi connectivity index (χ2n) is 7.87. The Labute approximate surface area is 162 Å². The first-order chi connectivity index (χ1) is 13.2. The van der Waals surface area contributed by atoms with Crippen LogP contribution in [-0.2, 0) is 6.54 Å². The van der Waals surface area contributed by atoms with Crippen molar-refractivity contribution in [3.63, 3.8) is 0 Å². The molecule has 1 N–H and O–H groups in total. The van der Waals surface area contributed by atoms with Gasteiger partial charge in [0.1, 0.15) is 0 Å². The van der Waals surface area contributed by atoms with Crippen LogP contribution in [0.5, 0.6) is 0 Å². The summed E-state index contributed by atoms with van der Waals surface area (Å²) in [4.78, 5) is 17.4. The van der Waals surface area contributed by atoms with Crippen molar-refractivity contribution >= 4 is 5.91 Å². The number of hydrogen-bond donors (Lipinski definition) is 1. The summed E-state index contributed by atoms with van der Waals surface area (Å²) in [6, 6.07) is 17.0. The van der Waals surface area contributed by atoms with E-state index in [1.165, 1.54) is 16.7 Å². The molecule has 27 heavy (non-hydrogen) atoms. The van der Waals surface area contributed by atoms with Crippen LogP contribution in [0.15, 0.2) is 48.5 Å². The van der Waals surface area contributed by atoms with Crippen LogP contribution in [0.1, 0.15) is 39.4 Å². The number of nitrogens with zero attached hydrogens (tertiary/aromatic N) is 2. The molecule has 0 radical (unpaired) electrons. The zero-order valence-corrected chi connectivity index (χ0v) is 16.2. The summed E-state index contributed by atoms with van der Waals surface area (Å²) in [7, 11) is 0. The molecule has 0 aliphatic carbocycles. The third kappa shape index (κ3) is 4.40. The second kappa shape index (κ2) is 8.24. The molecule has 1 amide bonds. The predicted molar refractivity (Wildman–Crippen MR) is 109 cm³/mol. The average molecular weight is 364 g/mol. The molecule has 2 aromatic rings. The third-order valence-corrected chi connectivity index (χ3v) is 5.81. The van der Waals surface area contributed by atoms with Gasteiger partial charge in [0.15, 0.2) is 0 Å². The lowest BCUT2D eigenvalue weighted by atomic mass is 9.96. The van der Waals surface area contributed by atoms with Crippen molar-refractivity contribution in [3.8, 4) is 0 Å². The topological polar surface area (TPSA) is 35.6 Å². The first kappa shape index (κ1) is 18.2. The number of carbonyl (C=O) groups excluding carboxylic acids is 1. The summed E-state index contributed by atoms with van der Waals surface area (Å²) in [5.74, 6) is 0.724. The molecule has 0 bridgehead atoms. The van der Waals surface area contributed by atoms with Gasteiger partial charge in [0.25, 0.3) is 5.91 Å². The number of aryl methyl sites for hydroxylation is 1. The van der Waals surface area contributed by atoms with E-state index in [9.17, 15) is 4.79 Å². The molecular weight excluding hydrogens is 334 g/mol. The van der Waals surface area contributed by atoms with E-state index in [0.29, 0.717) is 5.92 Å². The van der Waals surface area contributed by atoms with Gasteiger partial charge in [-0.1, -0.05) is 42.0 Å². The van der Waals surface area contributed by atoms with Gasteiger partial charge in [-0.15, -0.1) is 0 Å². The van der Waals surface area contributed by atoms with Crippen LogP contribution in [0.25, 0.3) is 0 Å². The zero-order valence-electron chi connectivity index (χ0n) is 16.2. The lowest BCUT2D eigenvalue weighted by molar-refractivity contribution is 0.0628. The van der Waals surface area contributed by atoms with Crippen LogP contribution in [0.3, 0.4) is 0 Å². The van der Waals surface area contributed by atoms with E-state index in [4.69, 9.17) is 0 Å². The highest BCUT2D eigenvalue weighted by atomic mass is 16.2. The number of rotatable bonds is 4. The maximum atomic E-state index is 13.0. The smallest absolute Gasteiger partial charge is 0.253 e. The lowest BCUT2D eigenvalue weighted by Crippen LogP contribution is -2.48. The number of carbonyl (C=O) groups is 1. The van der Waals surface area contributed by atoms with Gasteiger partial charge in [0.2, 0.25) is 0 Å². The molecule has 1 atom stereocenters. The SMILES string of the molecule is Cc1cccc(CN2CCN(C(=O)c3cccc([C@H]4CCNC4)c3)CC2)c1. The molecule has 0 unspecified atom stereocenters. The lowest BCUT2D eigenvalue weighted by Gasteiger charge is -2.35. The maximum Gasteiger partial charge on any atom is 0.253 e. The highest BCUT2D eigenvalue weighted by Gasteiger charge is 2.23. The van der Waals surface area contributed by atoms with Crippen molar-refractivity contribution in [2.75, 3.05) is 39.3 Å². The van der Waals surface area contributed by atoms with E-state index in [0.717, 1.165) is 57.8 Å². The molecule has 2 saturated heterocycles. The van der Waals surface area contributed by atoms with Gasteiger partial charge in [0, 0.05) is 44.8 Å². The minimum atomic E-state index is 0.179. The first-order valence-electron chi connectivity index (χ1n) is 10.1. The Morgan fingerprint density at radius 1 is 1.07 bits per heavy atom. The predicted octanol–water partition coefficient (Wildman–Crippen LogP) is 3.03. The minimum Gasteiger partial charge on any atom is -0.336 e. The Morgan fingerprint density at radius 3 is 2.63 bits per heavy atom. The molecule has 0 spiro atoms. The van der Waals surface area contributed by atoms with Gasteiger partial charge >= 0.3 is 0 Å². The van der Waals surface area contributed by atoms with E-state index in [2.05, 4.69) is 53.5 Å². The molecule has 2 fully saturated rings. The van der Waals surface area contributed by atoms with Crippen LogP contribution >= 0.6 is 0 Å². The summed E-state index contributed by atoms with van der Waals surface area (Å²) in [5, 5.41) is 3.41. The van der Waals surface area contributed by atoms with Gasteiger partial charge < -0.3 is 10.2 Å². The Balaban J connectivity index is 1.35. The highest BCUT2D eigenvalue weighted by molar-refractivity contribution is 5.94. The third-order valence-electron chi connectivity index (χ3n) is 5.81. The van der Waals surface area contributed by atoms with E-state index >= 15 is 0 Å². The van der Waals surface area contributed by atoms with Crippen molar-refractivity contribution in [1.29, 1.82) is 0 Å². The van der Waals surface area contributed by atoms with Crippen molar-refractivity contribution < 1.29 is 4.79 Å². The van der Waals surface area contributed by atoms with Crippen LogP contribution in [-0.4, -0.2) is 55.0 Å². The summed E-state index contributed by atoms with van der Waals surface area (Å²) in [6.45, 7) is 8.68. The second-order valence-corrected chi connectivity index (χ2v) is 7.87. The van der Waals surface area contributed by atoms with Crippen molar-refractivity contribution in [2.45, 2.75) is 25.8 Å². The summed E-state index contributed by atoms with van der Waals surface area (Å²) >= 11 is 0. The van der Waals surface area contributed by atoms with Crippen molar-refractivity contribution in [3.05, 3.63) is 70.8 Å².